The van der Waals surface area contributed by atoms with Gasteiger partial charge in [-0.2, -0.15) is 0 Å². The van der Waals surface area contributed by atoms with E-state index in [1.165, 1.54) is 49.1 Å². The van der Waals surface area contributed by atoms with Crippen LogP contribution in [0.4, 0.5) is 17.1 Å². The van der Waals surface area contributed by atoms with Crippen molar-refractivity contribution in [2.24, 2.45) is 0 Å². The quantitative estimate of drug-likeness (QED) is 0.304. The maximum atomic E-state index is 2.41. The van der Waals surface area contributed by atoms with Crippen LogP contribution in [0.2, 0.25) is 0 Å². The first kappa shape index (κ1) is 15.1. The Kier molecular flexibility index (Phi) is 3.23. The average molecular weight is 363 g/mol. The molecule has 1 aliphatic heterocycles. The minimum absolute atomic E-state index is 1.03. The van der Waals surface area contributed by atoms with E-state index in [9.17, 15) is 0 Å². The average Bonchev–Trinajstić information content (AvgIpc) is 3.08. The molecule has 0 amide bonds. The summed E-state index contributed by atoms with van der Waals surface area (Å²) in [4.78, 5) is 5.05. The first-order chi connectivity index (χ1) is 13.4. The zero-order chi connectivity index (χ0) is 17.8. The van der Waals surface area contributed by atoms with Gasteiger partial charge < -0.3 is 4.90 Å². The molecule has 0 unspecified atom stereocenters. The van der Waals surface area contributed by atoms with Gasteiger partial charge in [0.1, 0.15) is 0 Å². The molecule has 0 saturated heterocycles. The van der Waals surface area contributed by atoms with Crippen molar-refractivity contribution in [3.63, 3.8) is 0 Å². The van der Waals surface area contributed by atoms with Crippen LogP contribution in [0.15, 0.2) is 101 Å². The fourth-order valence-corrected chi connectivity index (χ4v) is 5.34. The van der Waals surface area contributed by atoms with Crippen molar-refractivity contribution in [1.29, 1.82) is 0 Å². The molecule has 1 aliphatic carbocycles. The Morgan fingerprint density at radius 2 is 1.37 bits per heavy atom. The van der Waals surface area contributed by atoms with Gasteiger partial charge in [0, 0.05) is 15.5 Å². The molecule has 0 radical (unpaired) electrons. The molecule has 0 aromatic heterocycles. The van der Waals surface area contributed by atoms with Gasteiger partial charge in [-0.3, -0.25) is 0 Å². The number of nitrogens with zero attached hydrogens (tertiary/aromatic N) is 1. The minimum Gasteiger partial charge on any atom is -0.308 e. The van der Waals surface area contributed by atoms with Gasteiger partial charge in [0.15, 0.2) is 0 Å². The maximum absolute atomic E-state index is 2.41. The summed E-state index contributed by atoms with van der Waals surface area (Å²) in [6, 6.07) is 33.0. The number of fused-ring (bicyclic) bond motifs is 5. The Hall–Kier alpha value is -2.97. The number of hydrogen-bond acceptors (Lipinski definition) is 2. The summed E-state index contributed by atoms with van der Waals surface area (Å²) in [5.74, 6) is 0. The van der Waals surface area contributed by atoms with E-state index in [4.69, 9.17) is 0 Å². The van der Waals surface area contributed by atoms with Crippen LogP contribution in [0.25, 0.3) is 11.1 Å². The molecular formula is C25H17NS. The molecule has 0 atom stereocenters. The van der Waals surface area contributed by atoms with Crippen LogP contribution < -0.4 is 4.90 Å². The standard InChI is InChI=1S/C25H17NS/c1-2-9-19(10-3-1)26-22-12-6-7-13-24(22)27-25-15-18-14-17-8-4-5-11-20(17)21(18)16-23(25)26/h1-13,15-16H,14H2. The molecule has 2 heteroatoms. The summed E-state index contributed by atoms with van der Waals surface area (Å²) in [6.45, 7) is 0. The SMILES string of the molecule is c1ccc(N2c3ccccc3Sc3cc4c(cc32)-c2ccccc2C4)cc1. The molecule has 2 aliphatic rings. The predicted molar refractivity (Wildman–Crippen MR) is 113 cm³/mol. The van der Waals surface area contributed by atoms with Crippen molar-refractivity contribution in [2.45, 2.75) is 16.2 Å². The number of para-hydroxylation sites is 2. The topological polar surface area (TPSA) is 3.24 Å². The van der Waals surface area contributed by atoms with Crippen LogP contribution in [0, 0.1) is 0 Å². The summed E-state index contributed by atoms with van der Waals surface area (Å²) in [5, 5.41) is 0. The van der Waals surface area contributed by atoms with Gasteiger partial charge in [-0.05, 0) is 65.1 Å². The summed E-state index contributed by atoms with van der Waals surface area (Å²) in [5.41, 5.74) is 9.38. The number of rotatable bonds is 1. The third kappa shape index (κ3) is 2.27. The molecular weight excluding hydrogens is 346 g/mol. The molecule has 128 valence electrons. The van der Waals surface area contributed by atoms with Crippen molar-refractivity contribution in [2.75, 3.05) is 4.90 Å². The second-order valence-corrected chi connectivity index (χ2v) is 8.14. The largest absolute Gasteiger partial charge is 0.308 e. The third-order valence-electron chi connectivity index (χ3n) is 5.45. The second kappa shape index (κ2) is 5.77. The van der Waals surface area contributed by atoms with Gasteiger partial charge in [0.25, 0.3) is 0 Å². The van der Waals surface area contributed by atoms with Crippen molar-refractivity contribution >= 4 is 28.8 Å². The number of anilines is 3. The highest BCUT2D eigenvalue weighted by Gasteiger charge is 2.28. The van der Waals surface area contributed by atoms with Crippen LogP contribution in [-0.2, 0) is 6.42 Å². The lowest BCUT2D eigenvalue weighted by atomic mass is 10.0. The Morgan fingerprint density at radius 1 is 0.593 bits per heavy atom. The summed E-state index contributed by atoms with van der Waals surface area (Å²) < 4.78 is 0. The minimum atomic E-state index is 1.03. The fraction of sp³-hybridized carbons (Fsp3) is 0.0400. The van der Waals surface area contributed by atoms with Crippen LogP contribution >= 0.6 is 11.8 Å². The van der Waals surface area contributed by atoms with Crippen molar-refractivity contribution in [1.82, 2.24) is 0 Å². The van der Waals surface area contributed by atoms with E-state index in [1.807, 2.05) is 11.8 Å². The van der Waals surface area contributed by atoms with E-state index >= 15 is 0 Å². The Morgan fingerprint density at radius 3 is 2.30 bits per heavy atom. The van der Waals surface area contributed by atoms with E-state index in [0.717, 1.165) is 6.42 Å². The zero-order valence-corrected chi connectivity index (χ0v) is 15.5. The van der Waals surface area contributed by atoms with Gasteiger partial charge in [-0.15, -0.1) is 0 Å². The third-order valence-corrected chi connectivity index (χ3v) is 6.57. The number of hydrogen-bond donors (Lipinski definition) is 0. The monoisotopic (exact) mass is 363 g/mol. The molecule has 0 fully saturated rings. The zero-order valence-electron chi connectivity index (χ0n) is 14.7. The lowest BCUT2D eigenvalue weighted by Gasteiger charge is -2.33. The van der Waals surface area contributed by atoms with Gasteiger partial charge in [-0.25, -0.2) is 0 Å². The molecule has 4 aromatic rings. The Labute approximate surface area is 163 Å². The Balaban J connectivity index is 1.61. The first-order valence-corrected chi connectivity index (χ1v) is 10.1. The van der Waals surface area contributed by atoms with Crippen molar-refractivity contribution in [3.05, 3.63) is 102 Å². The highest BCUT2D eigenvalue weighted by Crippen LogP contribution is 2.54. The molecule has 1 nitrogen and oxygen atoms in total. The summed E-state index contributed by atoms with van der Waals surface area (Å²) >= 11 is 1.88. The molecule has 0 saturated carbocycles. The van der Waals surface area contributed by atoms with Gasteiger partial charge >= 0.3 is 0 Å². The predicted octanol–water partition coefficient (Wildman–Crippen LogP) is 7.19. The first-order valence-electron chi connectivity index (χ1n) is 9.26. The smallest absolute Gasteiger partial charge is 0.0607 e. The van der Waals surface area contributed by atoms with E-state index in [1.54, 1.807) is 0 Å². The van der Waals surface area contributed by atoms with Crippen LogP contribution in [0.3, 0.4) is 0 Å². The maximum Gasteiger partial charge on any atom is 0.0607 e. The normalized spacial score (nSPS) is 13.6. The Bertz CT molecular complexity index is 1180. The summed E-state index contributed by atoms with van der Waals surface area (Å²) in [6.07, 6.45) is 1.03. The lowest BCUT2D eigenvalue weighted by Crippen LogP contribution is -2.15. The lowest BCUT2D eigenvalue weighted by molar-refractivity contribution is 1.15. The van der Waals surface area contributed by atoms with E-state index in [2.05, 4.69) is 95.9 Å². The molecule has 27 heavy (non-hydrogen) atoms. The van der Waals surface area contributed by atoms with E-state index < -0.39 is 0 Å². The van der Waals surface area contributed by atoms with Gasteiger partial charge in [0.2, 0.25) is 0 Å². The van der Waals surface area contributed by atoms with Crippen LogP contribution in [0.1, 0.15) is 11.1 Å². The van der Waals surface area contributed by atoms with Gasteiger partial charge in [-0.1, -0.05) is 66.4 Å². The van der Waals surface area contributed by atoms with Crippen molar-refractivity contribution < 1.29 is 0 Å². The van der Waals surface area contributed by atoms with Crippen LogP contribution in [0.5, 0.6) is 0 Å². The molecule has 0 bridgehead atoms. The van der Waals surface area contributed by atoms with E-state index in [-0.39, 0.29) is 0 Å². The van der Waals surface area contributed by atoms with Gasteiger partial charge in [0.05, 0.1) is 11.4 Å². The van der Waals surface area contributed by atoms with Crippen LogP contribution in [-0.4, -0.2) is 0 Å². The van der Waals surface area contributed by atoms with Crippen molar-refractivity contribution in [3.8, 4) is 11.1 Å². The fourth-order valence-electron chi connectivity index (χ4n) is 4.24. The second-order valence-electron chi connectivity index (χ2n) is 7.05. The summed E-state index contributed by atoms with van der Waals surface area (Å²) in [7, 11) is 0. The van der Waals surface area contributed by atoms with E-state index in [0.29, 0.717) is 0 Å². The number of benzene rings is 4. The molecule has 1 heterocycles. The highest BCUT2D eigenvalue weighted by atomic mass is 32.2. The molecule has 6 rings (SSSR count). The molecule has 4 aromatic carbocycles. The highest BCUT2D eigenvalue weighted by molar-refractivity contribution is 7.99. The molecule has 0 N–H and O–H groups in total. The molecule has 0 spiro atoms.